The molecule has 0 fully saturated rings. The predicted octanol–water partition coefficient (Wildman–Crippen LogP) is 3.41. The van der Waals surface area contributed by atoms with Crippen molar-refractivity contribution in [3.63, 3.8) is 0 Å². The average molecular weight is 458 g/mol. The number of amides is 2. The number of hydrogen-bond acceptors (Lipinski definition) is 5. The first-order valence-electron chi connectivity index (χ1n) is 10.5. The molecule has 168 valence electrons. The zero-order valence-electron chi connectivity index (χ0n) is 17.9. The molecule has 0 spiro atoms. The van der Waals surface area contributed by atoms with Crippen molar-refractivity contribution in [1.82, 2.24) is 4.72 Å². The van der Waals surface area contributed by atoms with Gasteiger partial charge in [-0.25, -0.2) is 22.3 Å². The van der Waals surface area contributed by atoms with Crippen molar-refractivity contribution in [3.8, 4) is 6.07 Å². The number of carbonyl (C=O) groups is 1. The van der Waals surface area contributed by atoms with E-state index in [1.165, 1.54) is 13.8 Å². The Morgan fingerprint density at radius 3 is 2.16 bits per heavy atom. The molecule has 0 aliphatic heterocycles. The fourth-order valence-corrected chi connectivity index (χ4v) is 5.60. The molecule has 0 atom stereocenters. The molecular formula is C23H24FN3O4S. The number of nitrogens with one attached hydrogen (secondary N) is 2. The largest absolute Gasteiger partial charge is 0.386 e. The Morgan fingerprint density at radius 2 is 1.62 bits per heavy atom. The van der Waals surface area contributed by atoms with Crippen molar-refractivity contribution < 1.29 is 22.7 Å². The summed E-state index contributed by atoms with van der Waals surface area (Å²) in [6.45, 7) is 2.81. The van der Waals surface area contributed by atoms with Crippen LogP contribution in [0.3, 0.4) is 0 Å². The maximum absolute atomic E-state index is 14.0. The van der Waals surface area contributed by atoms with Crippen LogP contribution in [0.5, 0.6) is 0 Å². The van der Waals surface area contributed by atoms with Gasteiger partial charge in [-0.1, -0.05) is 0 Å². The summed E-state index contributed by atoms with van der Waals surface area (Å²) in [6, 6.07) is 4.33. The summed E-state index contributed by atoms with van der Waals surface area (Å²) in [4.78, 5) is 12.3. The number of benzene rings is 2. The van der Waals surface area contributed by atoms with E-state index in [9.17, 15) is 28.0 Å². The molecule has 0 aromatic heterocycles. The van der Waals surface area contributed by atoms with Crippen molar-refractivity contribution >= 4 is 21.7 Å². The third-order valence-corrected chi connectivity index (χ3v) is 7.42. The second-order valence-corrected chi connectivity index (χ2v) is 10.5. The van der Waals surface area contributed by atoms with Crippen LogP contribution in [-0.4, -0.2) is 19.6 Å². The van der Waals surface area contributed by atoms with Crippen molar-refractivity contribution in [3.05, 3.63) is 57.4 Å². The van der Waals surface area contributed by atoms with Crippen LogP contribution in [0.4, 0.5) is 14.9 Å². The number of anilines is 1. The molecule has 3 N–H and O–H groups in total. The van der Waals surface area contributed by atoms with Crippen LogP contribution in [-0.2, 0) is 41.3 Å². The third-order valence-electron chi connectivity index (χ3n) is 6.11. The number of halogens is 1. The number of urea groups is 1. The zero-order chi connectivity index (χ0) is 23.3. The number of sulfonamides is 1. The van der Waals surface area contributed by atoms with E-state index in [-0.39, 0.29) is 5.56 Å². The van der Waals surface area contributed by atoms with Crippen molar-refractivity contribution in [2.24, 2.45) is 0 Å². The minimum absolute atomic E-state index is 0.0704. The molecule has 7 nitrogen and oxygen atoms in total. The molecule has 32 heavy (non-hydrogen) atoms. The van der Waals surface area contributed by atoms with E-state index in [1.54, 1.807) is 0 Å². The van der Waals surface area contributed by atoms with Crippen molar-refractivity contribution in [2.75, 3.05) is 5.32 Å². The van der Waals surface area contributed by atoms with Crippen LogP contribution in [0, 0.1) is 17.1 Å². The minimum Gasteiger partial charge on any atom is -0.386 e. The zero-order valence-corrected chi connectivity index (χ0v) is 18.7. The first kappa shape index (κ1) is 22.2. The summed E-state index contributed by atoms with van der Waals surface area (Å²) in [5.41, 5.74) is 3.56. The van der Waals surface area contributed by atoms with Gasteiger partial charge in [0.25, 0.3) is 10.0 Å². The molecular weight excluding hydrogens is 433 g/mol. The van der Waals surface area contributed by atoms with Crippen LogP contribution in [0.25, 0.3) is 0 Å². The van der Waals surface area contributed by atoms with E-state index in [2.05, 4.69) is 11.4 Å². The van der Waals surface area contributed by atoms with Gasteiger partial charge < -0.3 is 10.4 Å². The monoisotopic (exact) mass is 457 g/mol. The van der Waals surface area contributed by atoms with Gasteiger partial charge in [0.05, 0.1) is 22.1 Å². The average Bonchev–Trinajstić information content (AvgIpc) is 3.36. The molecule has 2 amide bonds. The van der Waals surface area contributed by atoms with E-state index in [0.29, 0.717) is 24.1 Å². The predicted molar refractivity (Wildman–Crippen MR) is 116 cm³/mol. The number of aliphatic hydroxyl groups is 1. The van der Waals surface area contributed by atoms with Gasteiger partial charge in [-0.15, -0.1) is 0 Å². The Labute approximate surface area is 186 Å². The van der Waals surface area contributed by atoms with E-state index < -0.39 is 32.4 Å². The van der Waals surface area contributed by atoms with Crippen LogP contribution in [0.1, 0.15) is 60.1 Å². The minimum atomic E-state index is -4.39. The summed E-state index contributed by atoms with van der Waals surface area (Å²) in [5, 5.41) is 22.5. The highest BCUT2D eigenvalue weighted by Crippen LogP contribution is 2.41. The Morgan fingerprint density at radius 1 is 1.06 bits per heavy atom. The maximum Gasteiger partial charge on any atom is 0.333 e. The summed E-state index contributed by atoms with van der Waals surface area (Å²) in [7, 11) is -4.39. The highest BCUT2D eigenvalue weighted by atomic mass is 32.2. The summed E-state index contributed by atoms with van der Waals surface area (Å²) >= 11 is 0. The van der Waals surface area contributed by atoms with Gasteiger partial charge in [0.2, 0.25) is 0 Å². The molecule has 2 aliphatic rings. The topological polar surface area (TPSA) is 119 Å². The lowest BCUT2D eigenvalue weighted by atomic mass is 9.93. The second kappa shape index (κ2) is 7.87. The Bertz CT molecular complexity index is 1240. The number of nitrogens with zero attached hydrogens (tertiary/aromatic N) is 1. The van der Waals surface area contributed by atoms with Gasteiger partial charge in [-0.05, 0) is 98.4 Å². The number of fused-ring (bicyclic) bond motifs is 2. The molecule has 0 radical (unpaired) electrons. The normalized spacial score (nSPS) is 15.1. The van der Waals surface area contributed by atoms with Gasteiger partial charge in [0.1, 0.15) is 5.82 Å². The highest BCUT2D eigenvalue weighted by molar-refractivity contribution is 7.90. The number of nitriles is 1. The first-order valence-corrected chi connectivity index (χ1v) is 12.0. The van der Waals surface area contributed by atoms with Gasteiger partial charge in [-0.3, -0.25) is 0 Å². The highest BCUT2D eigenvalue weighted by Gasteiger charge is 2.30. The lowest BCUT2D eigenvalue weighted by Crippen LogP contribution is -2.35. The fourth-order valence-electron chi connectivity index (χ4n) is 4.63. The van der Waals surface area contributed by atoms with Crippen LogP contribution < -0.4 is 10.0 Å². The molecule has 4 rings (SSSR count). The summed E-state index contributed by atoms with van der Waals surface area (Å²) < 4.78 is 41.5. The fraction of sp³-hybridized carbons (Fsp3) is 0.391. The summed E-state index contributed by atoms with van der Waals surface area (Å²) in [5.74, 6) is -0.840. The van der Waals surface area contributed by atoms with E-state index in [0.717, 1.165) is 66.1 Å². The number of carbonyl (C=O) groups excluding carboxylic acids is 1. The van der Waals surface area contributed by atoms with Gasteiger partial charge >= 0.3 is 6.03 Å². The molecule has 0 unspecified atom stereocenters. The molecule has 9 heteroatoms. The molecule has 0 bridgehead atoms. The quantitative estimate of drug-likeness (QED) is 0.650. The van der Waals surface area contributed by atoms with Gasteiger partial charge in [0.15, 0.2) is 0 Å². The van der Waals surface area contributed by atoms with Crippen molar-refractivity contribution in [2.45, 2.75) is 62.9 Å². The number of rotatable bonds is 4. The Balaban J connectivity index is 1.65. The molecule has 0 heterocycles. The Hall–Kier alpha value is -2.96. The van der Waals surface area contributed by atoms with Gasteiger partial charge in [0, 0.05) is 5.69 Å². The lowest BCUT2D eigenvalue weighted by molar-refractivity contribution is 0.0780. The third kappa shape index (κ3) is 3.96. The summed E-state index contributed by atoms with van der Waals surface area (Å²) in [6.07, 6.45) is 4.65. The molecule has 2 aliphatic carbocycles. The van der Waals surface area contributed by atoms with Gasteiger partial charge in [-0.2, -0.15) is 5.26 Å². The lowest BCUT2D eigenvalue weighted by Gasteiger charge is -2.20. The molecule has 2 aromatic carbocycles. The van der Waals surface area contributed by atoms with Crippen LogP contribution in [0.2, 0.25) is 0 Å². The smallest absolute Gasteiger partial charge is 0.333 e. The molecule has 2 aromatic rings. The van der Waals surface area contributed by atoms with Crippen molar-refractivity contribution in [1.29, 1.82) is 5.26 Å². The molecule has 0 saturated heterocycles. The Kier molecular flexibility index (Phi) is 5.47. The number of hydrogen-bond donors (Lipinski definition) is 3. The van der Waals surface area contributed by atoms with E-state index in [4.69, 9.17) is 0 Å². The van der Waals surface area contributed by atoms with E-state index >= 15 is 0 Å². The molecule has 0 saturated carbocycles. The van der Waals surface area contributed by atoms with Crippen LogP contribution in [0.15, 0.2) is 23.1 Å². The first-order chi connectivity index (χ1) is 15.0. The SMILES string of the molecule is CC(C)(O)c1cc(F)cc(S(=O)(=O)NC(=O)Nc2c3c(c(C#N)c4c2CCC4)CCC3)c1. The maximum atomic E-state index is 14.0. The second-order valence-electron chi connectivity index (χ2n) is 8.78. The van der Waals surface area contributed by atoms with Crippen LogP contribution >= 0.6 is 0 Å². The van der Waals surface area contributed by atoms with E-state index in [1.807, 2.05) is 4.72 Å². The standard InChI is InChI=1S/C23H24FN3O4S/c1-23(2,29)13-9-14(24)11-15(10-13)32(30,31)27-22(28)26-21-18-7-3-5-16(18)20(12-25)17-6-4-8-19(17)21/h9-11,29H,3-8H2,1-2H3,(H2,26,27,28).